The van der Waals surface area contributed by atoms with Gasteiger partial charge in [-0.05, 0) is 60.7 Å². The summed E-state index contributed by atoms with van der Waals surface area (Å²) in [5, 5.41) is 6.90. The van der Waals surface area contributed by atoms with Crippen LogP contribution >= 0.6 is 11.8 Å². The Morgan fingerprint density at radius 3 is 2.29 bits per heavy atom. The largest absolute Gasteiger partial charge is 0.497 e. The third kappa shape index (κ3) is 4.51. The van der Waals surface area contributed by atoms with E-state index in [9.17, 15) is 9.59 Å². The quantitative estimate of drug-likeness (QED) is 0.390. The van der Waals surface area contributed by atoms with Crippen LogP contribution in [-0.4, -0.2) is 39.4 Å². The molecule has 1 unspecified atom stereocenters. The lowest BCUT2D eigenvalue weighted by atomic mass is 10.2. The van der Waals surface area contributed by atoms with E-state index in [0.29, 0.717) is 28.2 Å². The molecule has 170 valence electrons. The summed E-state index contributed by atoms with van der Waals surface area (Å²) in [5.41, 5.74) is 1.35. The molecule has 1 fully saturated rings. The lowest BCUT2D eigenvalue weighted by molar-refractivity contribution is -0.121. The number of ether oxygens (including phenoxy) is 2. The van der Waals surface area contributed by atoms with Gasteiger partial charge in [0.15, 0.2) is 5.82 Å². The van der Waals surface area contributed by atoms with Gasteiger partial charge in [-0.1, -0.05) is 30.0 Å². The van der Waals surface area contributed by atoms with Crippen LogP contribution in [0.1, 0.15) is 6.42 Å². The van der Waals surface area contributed by atoms with Crippen molar-refractivity contribution in [1.29, 1.82) is 0 Å². The van der Waals surface area contributed by atoms with Gasteiger partial charge in [0.25, 0.3) is 0 Å². The molecule has 5 rings (SSSR count). The molecular weight excluding hydrogens is 452 g/mol. The van der Waals surface area contributed by atoms with Crippen LogP contribution in [0.25, 0.3) is 11.4 Å². The number of nitrogens with zero attached hydrogens (tertiary/aromatic N) is 3. The number of nitrogens with one attached hydrogen (secondary N) is 1. The molecule has 1 aromatic heterocycles. The number of carbonyl (C=O) groups excluding carboxylic acids is 2. The first-order valence-corrected chi connectivity index (χ1v) is 11.4. The van der Waals surface area contributed by atoms with Crippen LogP contribution in [0.4, 0.5) is 5.69 Å². The second-order valence-corrected chi connectivity index (χ2v) is 8.65. The van der Waals surface area contributed by atoms with Gasteiger partial charge in [-0.2, -0.15) is 0 Å². The summed E-state index contributed by atoms with van der Waals surface area (Å²) in [6, 6.07) is 23.7. The molecule has 8 nitrogen and oxygen atoms in total. The van der Waals surface area contributed by atoms with Gasteiger partial charge in [0.2, 0.25) is 17.0 Å². The number of carbonyl (C=O) groups is 2. The Labute approximate surface area is 199 Å². The van der Waals surface area contributed by atoms with Crippen LogP contribution < -0.4 is 14.4 Å². The van der Waals surface area contributed by atoms with Crippen molar-refractivity contribution in [2.75, 3.05) is 12.0 Å². The van der Waals surface area contributed by atoms with E-state index < -0.39 is 5.25 Å². The van der Waals surface area contributed by atoms with E-state index in [4.69, 9.17) is 9.47 Å². The van der Waals surface area contributed by atoms with Crippen molar-refractivity contribution in [3.05, 3.63) is 78.9 Å². The summed E-state index contributed by atoms with van der Waals surface area (Å²) in [5.74, 6) is 2.10. The predicted molar refractivity (Wildman–Crippen MR) is 128 cm³/mol. The van der Waals surface area contributed by atoms with Gasteiger partial charge in [0, 0.05) is 12.0 Å². The summed E-state index contributed by atoms with van der Waals surface area (Å²) in [7, 11) is 1.61. The lowest BCUT2D eigenvalue weighted by Crippen LogP contribution is -2.31. The number of aromatic amines is 1. The highest BCUT2D eigenvalue weighted by atomic mass is 32.2. The van der Waals surface area contributed by atoms with Crippen molar-refractivity contribution in [2.45, 2.75) is 16.8 Å². The van der Waals surface area contributed by atoms with Crippen LogP contribution in [0.3, 0.4) is 0 Å². The van der Waals surface area contributed by atoms with E-state index in [1.165, 1.54) is 16.7 Å². The van der Waals surface area contributed by atoms with Crippen molar-refractivity contribution in [1.82, 2.24) is 15.2 Å². The molecule has 1 N–H and O–H groups in total. The smallest absolute Gasteiger partial charge is 0.247 e. The highest BCUT2D eigenvalue weighted by Crippen LogP contribution is 2.34. The molecular formula is C25H20N4O4S. The predicted octanol–water partition coefficient (Wildman–Crippen LogP) is 4.70. The number of anilines is 1. The Balaban J connectivity index is 1.26. The Morgan fingerprint density at radius 1 is 0.912 bits per heavy atom. The third-order valence-electron chi connectivity index (χ3n) is 5.26. The monoisotopic (exact) mass is 472 g/mol. The molecule has 9 heteroatoms. The van der Waals surface area contributed by atoms with Crippen LogP contribution in [-0.2, 0) is 9.59 Å². The zero-order chi connectivity index (χ0) is 23.5. The van der Waals surface area contributed by atoms with Crippen LogP contribution in [0.5, 0.6) is 17.2 Å². The van der Waals surface area contributed by atoms with E-state index in [-0.39, 0.29) is 18.2 Å². The van der Waals surface area contributed by atoms with Crippen molar-refractivity contribution in [3.8, 4) is 28.6 Å². The number of hydrogen-bond acceptors (Lipinski definition) is 7. The minimum atomic E-state index is -0.590. The molecule has 2 amide bonds. The molecule has 1 saturated heterocycles. The van der Waals surface area contributed by atoms with Crippen molar-refractivity contribution >= 4 is 29.3 Å². The van der Waals surface area contributed by atoms with Gasteiger partial charge in [0.05, 0.1) is 12.8 Å². The molecule has 1 atom stereocenters. The molecule has 0 spiro atoms. The fourth-order valence-electron chi connectivity index (χ4n) is 3.56. The van der Waals surface area contributed by atoms with E-state index >= 15 is 0 Å². The minimum absolute atomic E-state index is 0.0815. The Hall–Kier alpha value is -4.11. The van der Waals surface area contributed by atoms with Crippen LogP contribution in [0.2, 0.25) is 0 Å². The number of benzene rings is 3. The average molecular weight is 473 g/mol. The Morgan fingerprint density at radius 2 is 1.59 bits per heavy atom. The first-order valence-electron chi connectivity index (χ1n) is 10.5. The number of H-pyrrole nitrogens is 1. The Kier molecular flexibility index (Phi) is 6.01. The van der Waals surface area contributed by atoms with Crippen LogP contribution in [0.15, 0.2) is 84.0 Å². The minimum Gasteiger partial charge on any atom is -0.497 e. The number of para-hydroxylation sites is 1. The number of methoxy groups -OCH3 is 1. The maximum atomic E-state index is 13.0. The SMILES string of the molecule is COc1ccc(-c2nc(SC3CC(=O)N(c4ccc(Oc5ccccc5)cc4)C3=O)n[nH]2)cc1. The Bertz CT molecular complexity index is 1310. The molecule has 0 aliphatic carbocycles. The molecule has 3 aromatic carbocycles. The zero-order valence-corrected chi connectivity index (χ0v) is 19.0. The lowest BCUT2D eigenvalue weighted by Gasteiger charge is -2.15. The summed E-state index contributed by atoms with van der Waals surface area (Å²) < 4.78 is 11.0. The number of imide groups is 1. The van der Waals surface area contributed by atoms with Crippen molar-refractivity contribution < 1.29 is 19.1 Å². The average Bonchev–Trinajstić information content (AvgIpc) is 3.44. The standard InChI is InChI=1S/C25H20N4O4S/c1-32-18-11-7-16(8-12-18)23-26-25(28-27-23)34-21-15-22(30)29(24(21)31)17-9-13-20(14-10-17)33-19-5-3-2-4-6-19/h2-14,21H,15H2,1H3,(H,26,27,28). The van der Waals surface area contributed by atoms with Gasteiger partial charge in [-0.3, -0.25) is 14.7 Å². The summed E-state index contributed by atoms with van der Waals surface area (Å²) in [4.78, 5) is 31.3. The normalized spacial score (nSPS) is 15.6. The first kappa shape index (κ1) is 21.7. The number of thioether (sulfide) groups is 1. The molecule has 0 saturated carbocycles. The first-order chi connectivity index (χ1) is 16.6. The second-order valence-electron chi connectivity index (χ2n) is 7.48. The van der Waals surface area contributed by atoms with Gasteiger partial charge in [-0.15, -0.1) is 5.10 Å². The summed E-state index contributed by atoms with van der Waals surface area (Å²) in [6.45, 7) is 0. The van der Waals surface area contributed by atoms with Crippen LogP contribution in [0, 0.1) is 0 Å². The van der Waals surface area contributed by atoms with Gasteiger partial charge in [0.1, 0.15) is 22.5 Å². The van der Waals surface area contributed by atoms with Gasteiger partial charge < -0.3 is 9.47 Å². The fraction of sp³-hybridized carbons (Fsp3) is 0.120. The molecule has 0 bridgehead atoms. The van der Waals surface area contributed by atoms with E-state index in [0.717, 1.165) is 11.3 Å². The van der Waals surface area contributed by atoms with Gasteiger partial charge >= 0.3 is 0 Å². The van der Waals surface area contributed by atoms with Gasteiger partial charge in [-0.25, -0.2) is 9.88 Å². The van der Waals surface area contributed by atoms with Crippen molar-refractivity contribution in [2.24, 2.45) is 0 Å². The molecule has 2 heterocycles. The second kappa shape index (κ2) is 9.40. The van der Waals surface area contributed by atoms with E-state index in [2.05, 4.69) is 15.2 Å². The molecule has 4 aromatic rings. The summed E-state index contributed by atoms with van der Waals surface area (Å²) >= 11 is 1.17. The topological polar surface area (TPSA) is 97.4 Å². The van der Waals surface area contributed by atoms with Crippen molar-refractivity contribution in [3.63, 3.8) is 0 Å². The highest BCUT2D eigenvalue weighted by Gasteiger charge is 2.40. The third-order valence-corrected chi connectivity index (χ3v) is 6.30. The van der Waals surface area contributed by atoms with E-state index in [1.54, 1.807) is 31.4 Å². The maximum absolute atomic E-state index is 13.0. The molecule has 0 radical (unpaired) electrons. The molecule has 34 heavy (non-hydrogen) atoms. The fourth-order valence-corrected chi connectivity index (χ4v) is 4.49. The number of amides is 2. The number of hydrogen-bond donors (Lipinski definition) is 1. The highest BCUT2D eigenvalue weighted by molar-refractivity contribution is 8.00. The summed E-state index contributed by atoms with van der Waals surface area (Å²) in [6.07, 6.45) is 0.0815. The van der Waals surface area contributed by atoms with E-state index in [1.807, 2.05) is 54.6 Å². The molecule has 1 aliphatic rings. The zero-order valence-electron chi connectivity index (χ0n) is 18.2. The number of rotatable bonds is 7. The molecule has 1 aliphatic heterocycles. The maximum Gasteiger partial charge on any atom is 0.247 e. The number of aromatic nitrogens is 3.